The lowest BCUT2D eigenvalue weighted by atomic mass is 9.98. The molecule has 0 atom stereocenters. The number of hydrogen-bond donors (Lipinski definition) is 2. The number of ketones is 1. The molecular formula is C18H13N3O4. The van der Waals surface area contributed by atoms with E-state index in [1.54, 1.807) is 31.2 Å². The first-order valence-electron chi connectivity index (χ1n) is 7.64. The maximum Gasteiger partial charge on any atom is 0.328 e. The average molecular weight is 335 g/mol. The molecule has 7 heteroatoms. The van der Waals surface area contributed by atoms with Gasteiger partial charge in [0.25, 0.3) is 11.8 Å². The smallest absolute Gasteiger partial charge is 0.293 e. The summed E-state index contributed by atoms with van der Waals surface area (Å²) in [5, 5.41) is 13.5. The molecule has 0 bridgehead atoms. The van der Waals surface area contributed by atoms with Gasteiger partial charge in [0.15, 0.2) is 5.78 Å². The van der Waals surface area contributed by atoms with E-state index in [0.717, 1.165) is 0 Å². The Morgan fingerprint density at radius 1 is 1.12 bits per heavy atom. The molecule has 124 valence electrons. The van der Waals surface area contributed by atoms with Crippen molar-refractivity contribution in [1.82, 2.24) is 10.6 Å². The number of nitrogens with zero attached hydrogens (tertiary/aromatic N) is 1. The van der Waals surface area contributed by atoms with Gasteiger partial charge in [-0.25, -0.2) is 4.79 Å². The number of fused-ring (bicyclic) bond motifs is 1. The van der Waals surface area contributed by atoms with Crippen molar-refractivity contribution in [3.05, 3.63) is 46.5 Å². The number of carbonyl (C=O) groups excluding carboxylic acids is 4. The van der Waals surface area contributed by atoms with Gasteiger partial charge >= 0.3 is 6.03 Å². The third kappa shape index (κ3) is 2.64. The van der Waals surface area contributed by atoms with Crippen molar-refractivity contribution in [2.75, 3.05) is 0 Å². The lowest BCUT2D eigenvalue weighted by Gasteiger charge is -2.16. The molecule has 1 aromatic rings. The summed E-state index contributed by atoms with van der Waals surface area (Å²) in [4.78, 5) is 47.6. The molecule has 0 aromatic heterocycles. The average Bonchev–Trinajstić information content (AvgIpc) is 2.94. The van der Waals surface area contributed by atoms with E-state index in [1.165, 1.54) is 0 Å². The fourth-order valence-electron chi connectivity index (χ4n) is 3.04. The molecule has 1 aliphatic heterocycles. The quantitative estimate of drug-likeness (QED) is 0.482. The number of imide groups is 2. The number of carbonyl (C=O) groups is 4. The summed E-state index contributed by atoms with van der Waals surface area (Å²) in [5.74, 6) is -1.88. The topological polar surface area (TPSA) is 116 Å². The minimum Gasteiger partial charge on any atom is -0.293 e. The van der Waals surface area contributed by atoms with Gasteiger partial charge in [-0.05, 0) is 22.3 Å². The van der Waals surface area contributed by atoms with E-state index in [-0.39, 0.29) is 29.8 Å². The Morgan fingerprint density at radius 3 is 2.28 bits per heavy atom. The first kappa shape index (κ1) is 16.3. The van der Waals surface area contributed by atoms with Gasteiger partial charge in [-0.2, -0.15) is 5.26 Å². The predicted octanol–water partition coefficient (Wildman–Crippen LogP) is 1.47. The van der Waals surface area contributed by atoms with Crippen molar-refractivity contribution in [1.29, 1.82) is 5.26 Å². The Morgan fingerprint density at radius 2 is 1.72 bits per heavy atom. The van der Waals surface area contributed by atoms with Gasteiger partial charge in [0.1, 0.15) is 11.6 Å². The highest BCUT2D eigenvalue weighted by molar-refractivity contribution is 6.33. The predicted molar refractivity (Wildman–Crippen MR) is 87.5 cm³/mol. The van der Waals surface area contributed by atoms with Crippen molar-refractivity contribution >= 4 is 34.8 Å². The number of Topliss-reactive ketones (excluding diaryl/α,β-unsaturated/α-hetero) is 1. The van der Waals surface area contributed by atoms with Crippen molar-refractivity contribution in [3.8, 4) is 6.07 Å². The number of benzene rings is 1. The van der Waals surface area contributed by atoms with Crippen LogP contribution in [0.25, 0.3) is 11.1 Å². The third-order valence-electron chi connectivity index (χ3n) is 4.15. The Kier molecular flexibility index (Phi) is 4.03. The molecule has 1 aliphatic carbocycles. The molecule has 0 radical (unpaired) electrons. The highest BCUT2D eigenvalue weighted by Crippen LogP contribution is 2.44. The van der Waals surface area contributed by atoms with E-state index in [1.807, 2.05) is 16.7 Å². The zero-order chi connectivity index (χ0) is 18.1. The summed E-state index contributed by atoms with van der Waals surface area (Å²) >= 11 is 0. The second kappa shape index (κ2) is 6.17. The number of amides is 4. The molecule has 0 saturated carbocycles. The van der Waals surface area contributed by atoms with Gasteiger partial charge in [-0.3, -0.25) is 25.0 Å². The molecule has 7 nitrogen and oxygen atoms in total. The van der Waals surface area contributed by atoms with Crippen LogP contribution in [0.2, 0.25) is 0 Å². The monoisotopic (exact) mass is 335 g/mol. The minimum atomic E-state index is -0.875. The van der Waals surface area contributed by atoms with Crippen LogP contribution >= 0.6 is 0 Å². The molecule has 4 amide bonds. The summed E-state index contributed by atoms with van der Waals surface area (Å²) < 4.78 is 0. The fourth-order valence-corrected chi connectivity index (χ4v) is 3.04. The van der Waals surface area contributed by atoms with Gasteiger partial charge < -0.3 is 0 Å². The largest absolute Gasteiger partial charge is 0.328 e. The summed E-state index contributed by atoms with van der Waals surface area (Å²) in [6.07, 6.45) is 0.272. The van der Waals surface area contributed by atoms with Crippen LogP contribution < -0.4 is 10.6 Å². The first-order valence-corrected chi connectivity index (χ1v) is 7.64. The van der Waals surface area contributed by atoms with Gasteiger partial charge in [0, 0.05) is 12.8 Å². The van der Waals surface area contributed by atoms with Crippen LogP contribution in [0.1, 0.15) is 30.9 Å². The zero-order valence-corrected chi connectivity index (χ0v) is 13.3. The Balaban J connectivity index is 2.26. The molecule has 1 aromatic carbocycles. The number of nitrogens with one attached hydrogen (secondary N) is 2. The van der Waals surface area contributed by atoms with Crippen LogP contribution in [0, 0.1) is 11.3 Å². The van der Waals surface area contributed by atoms with Crippen molar-refractivity contribution in [3.63, 3.8) is 0 Å². The molecule has 1 saturated heterocycles. The van der Waals surface area contributed by atoms with Crippen LogP contribution in [0.4, 0.5) is 4.79 Å². The lowest BCUT2D eigenvalue weighted by molar-refractivity contribution is -0.124. The molecular weight excluding hydrogens is 322 g/mol. The third-order valence-corrected chi connectivity index (χ3v) is 4.15. The molecule has 1 fully saturated rings. The van der Waals surface area contributed by atoms with E-state index in [4.69, 9.17) is 0 Å². The SMILES string of the molecule is CCC(=O)/C(C#N)=C1/CC(=C2C(=O)NC(=O)NC2=O)c2ccccc21. The molecule has 0 spiro atoms. The Hall–Kier alpha value is -3.53. The molecule has 1 heterocycles. The number of urea groups is 1. The first-order chi connectivity index (χ1) is 12.0. The van der Waals surface area contributed by atoms with E-state index in [9.17, 15) is 24.4 Å². The van der Waals surface area contributed by atoms with E-state index in [0.29, 0.717) is 22.3 Å². The van der Waals surface area contributed by atoms with Gasteiger partial charge in [0.2, 0.25) is 0 Å². The molecule has 2 aliphatic rings. The second-order valence-corrected chi connectivity index (χ2v) is 5.56. The van der Waals surface area contributed by atoms with E-state index in [2.05, 4.69) is 0 Å². The maximum absolute atomic E-state index is 12.1. The van der Waals surface area contributed by atoms with Crippen LogP contribution in [-0.2, 0) is 14.4 Å². The van der Waals surface area contributed by atoms with Gasteiger partial charge in [0.05, 0.1) is 5.57 Å². The highest BCUT2D eigenvalue weighted by Gasteiger charge is 2.36. The Labute approximate surface area is 143 Å². The summed E-state index contributed by atoms with van der Waals surface area (Å²) in [6.45, 7) is 1.66. The van der Waals surface area contributed by atoms with Crippen LogP contribution in [0.15, 0.2) is 35.4 Å². The van der Waals surface area contributed by atoms with Crippen molar-refractivity contribution < 1.29 is 19.2 Å². The molecule has 0 unspecified atom stereocenters. The number of rotatable bonds is 2. The normalized spacial score (nSPS) is 18.3. The van der Waals surface area contributed by atoms with Crippen molar-refractivity contribution in [2.24, 2.45) is 0 Å². The lowest BCUT2D eigenvalue weighted by Crippen LogP contribution is -2.51. The zero-order valence-electron chi connectivity index (χ0n) is 13.3. The number of nitriles is 1. The summed E-state index contributed by atoms with van der Waals surface area (Å²) in [6, 6.07) is 8.01. The van der Waals surface area contributed by atoms with E-state index >= 15 is 0 Å². The standard InChI is InChI=1S/C18H13N3O4/c1-2-14(22)13(8-19)11-7-12(10-6-4-3-5-9(10)11)15-16(23)20-18(25)21-17(15)24/h3-6H,2,7H2,1H3,(H2,20,21,23,24,25)/b13-11-. The van der Waals surface area contributed by atoms with Crippen molar-refractivity contribution in [2.45, 2.75) is 19.8 Å². The number of hydrogen-bond acceptors (Lipinski definition) is 5. The fraction of sp³-hybridized carbons (Fsp3) is 0.167. The highest BCUT2D eigenvalue weighted by atomic mass is 16.2. The Bertz CT molecular complexity index is 925. The molecule has 25 heavy (non-hydrogen) atoms. The minimum absolute atomic E-state index is 0.0262. The second-order valence-electron chi connectivity index (χ2n) is 5.56. The van der Waals surface area contributed by atoms with Gasteiger partial charge in [-0.1, -0.05) is 31.2 Å². The maximum atomic E-state index is 12.1. The molecule has 3 rings (SSSR count). The molecule has 2 N–H and O–H groups in total. The summed E-state index contributed by atoms with van der Waals surface area (Å²) in [5.41, 5.74) is 1.97. The summed E-state index contributed by atoms with van der Waals surface area (Å²) in [7, 11) is 0. The van der Waals surface area contributed by atoms with Crippen LogP contribution in [-0.4, -0.2) is 23.6 Å². The number of barbiturate groups is 1. The van der Waals surface area contributed by atoms with E-state index < -0.39 is 17.8 Å². The van der Waals surface area contributed by atoms with Gasteiger partial charge in [-0.15, -0.1) is 0 Å². The van der Waals surface area contributed by atoms with Crippen LogP contribution in [0.5, 0.6) is 0 Å². The van der Waals surface area contributed by atoms with Crippen LogP contribution in [0.3, 0.4) is 0 Å². The number of allylic oxidation sites excluding steroid dienone is 3.